The lowest BCUT2D eigenvalue weighted by atomic mass is 10.0. The van der Waals surface area contributed by atoms with E-state index in [-0.39, 0.29) is 5.91 Å². The zero-order chi connectivity index (χ0) is 14.5. The smallest absolute Gasteiger partial charge is 0.247 e. The van der Waals surface area contributed by atoms with Crippen molar-refractivity contribution in [1.29, 1.82) is 0 Å². The van der Waals surface area contributed by atoms with Gasteiger partial charge in [0.1, 0.15) is 5.76 Å². The van der Waals surface area contributed by atoms with Gasteiger partial charge in [0.25, 0.3) is 0 Å². The SMILES string of the molecule is COC(C)=C(C)NC(=O)C=CCN1CC2COCC2C1. The van der Waals surface area contributed by atoms with E-state index in [1.165, 1.54) is 0 Å². The summed E-state index contributed by atoms with van der Waals surface area (Å²) in [5, 5.41) is 2.79. The first-order valence-corrected chi connectivity index (χ1v) is 7.09. The number of hydrogen-bond donors (Lipinski definition) is 1. The van der Waals surface area contributed by atoms with Crippen LogP contribution in [0.15, 0.2) is 23.6 Å². The molecule has 1 N–H and O–H groups in total. The van der Waals surface area contributed by atoms with Crippen LogP contribution in [0.1, 0.15) is 13.8 Å². The molecule has 5 heteroatoms. The minimum absolute atomic E-state index is 0.110. The van der Waals surface area contributed by atoms with Crippen LogP contribution in [0.4, 0.5) is 0 Å². The summed E-state index contributed by atoms with van der Waals surface area (Å²) in [5.41, 5.74) is 0.745. The van der Waals surface area contributed by atoms with Crippen molar-refractivity contribution < 1.29 is 14.3 Å². The summed E-state index contributed by atoms with van der Waals surface area (Å²) in [4.78, 5) is 14.1. The van der Waals surface area contributed by atoms with Crippen molar-refractivity contribution in [3.63, 3.8) is 0 Å². The molecular weight excluding hydrogens is 256 g/mol. The number of hydrogen-bond acceptors (Lipinski definition) is 4. The van der Waals surface area contributed by atoms with E-state index >= 15 is 0 Å². The van der Waals surface area contributed by atoms with Crippen molar-refractivity contribution in [2.24, 2.45) is 11.8 Å². The third kappa shape index (κ3) is 3.84. The van der Waals surface area contributed by atoms with Crippen LogP contribution in [0.25, 0.3) is 0 Å². The number of ether oxygens (including phenoxy) is 2. The van der Waals surface area contributed by atoms with Gasteiger partial charge in [-0.25, -0.2) is 0 Å². The van der Waals surface area contributed by atoms with Gasteiger partial charge in [0.05, 0.1) is 26.0 Å². The molecule has 2 heterocycles. The van der Waals surface area contributed by atoms with Crippen LogP contribution in [0.3, 0.4) is 0 Å². The first-order valence-electron chi connectivity index (χ1n) is 7.09. The fourth-order valence-electron chi connectivity index (χ4n) is 2.71. The second-order valence-electron chi connectivity index (χ2n) is 5.55. The quantitative estimate of drug-likeness (QED) is 0.606. The van der Waals surface area contributed by atoms with E-state index in [0.717, 1.165) is 44.3 Å². The van der Waals surface area contributed by atoms with E-state index < -0.39 is 0 Å². The third-order valence-corrected chi connectivity index (χ3v) is 4.09. The van der Waals surface area contributed by atoms with E-state index in [2.05, 4.69) is 10.2 Å². The van der Waals surface area contributed by atoms with Gasteiger partial charge >= 0.3 is 0 Å². The highest BCUT2D eigenvalue weighted by molar-refractivity contribution is 5.88. The number of fused-ring (bicyclic) bond motifs is 1. The molecule has 2 aliphatic heterocycles. The van der Waals surface area contributed by atoms with Crippen LogP contribution in [0.2, 0.25) is 0 Å². The van der Waals surface area contributed by atoms with Gasteiger partial charge in [0, 0.05) is 37.5 Å². The number of carbonyl (C=O) groups excluding carboxylic acids is 1. The summed E-state index contributed by atoms with van der Waals surface area (Å²) in [6.07, 6.45) is 3.52. The van der Waals surface area contributed by atoms with Crippen molar-refractivity contribution >= 4 is 5.91 Å². The largest absolute Gasteiger partial charge is 0.500 e. The van der Waals surface area contributed by atoms with Gasteiger partial charge in [0.2, 0.25) is 5.91 Å². The number of rotatable bonds is 5. The van der Waals surface area contributed by atoms with Crippen molar-refractivity contribution in [1.82, 2.24) is 10.2 Å². The Hall–Kier alpha value is -1.33. The van der Waals surface area contributed by atoms with Crippen LogP contribution in [0, 0.1) is 11.8 Å². The molecule has 2 aliphatic rings. The van der Waals surface area contributed by atoms with E-state index in [9.17, 15) is 4.79 Å². The Morgan fingerprint density at radius 1 is 1.35 bits per heavy atom. The Morgan fingerprint density at radius 3 is 2.60 bits per heavy atom. The van der Waals surface area contributed by atoms with Crippen LogP contribution in [0.5, 0.6) is 0 Å². The Balaban J connectivity index is 1.72. The molecule has 5 nitrogen and oxygen atoms in total. The highest BCUT2D eigenvalue weighted by Gasteiger charge is 2.36. The van der Waals surface area contributed by atoms with E-state index in [1.807, 2.05) is 19.9 Å². The molecule has 0 saturated carbocycles. The van der Waals surface area contributed by atoms with Crippen LogP contribution in [-0.4, -0.2) is 50.8 Å². The maximum atomic E-state index is 11.7. The van der Waals surface area contributed by atoms with Gasteiger partial charge in [-0.3, -0.25) is 9.69 Å². The summed E-state index contributed by atoms with van der Waals surface area (Å²) >= 11 is 0. The highest BCUT2D eigenvalue weighted by Crippen LogP contribution is 2.28. The molecule has 2 atom stereocenters. The minimum Gasteiger partial charge on any atom is -0.500 e. The predicted octanol–water partition coefficient (Wildman–Crippen LogP) is 1.13. The topological polar surface area (TPSA) is 50.8 Å². The average molecular weight is 280 g/mol. The number of likely N-dealkylation sites (tertiary alicyclic amines) is 1. The first-order chi connectivity index (χ1) is 9.60. The molecule has 2 fully saturated rings. The van der Waals surface area contributed by atoms with Crippen molar-refractivity contribution in [2.45, 2.75) is 13.8 Å². The Kier molecular flexibility index (Phi) is 5.20. The zero-order valence-corrected chi connectivity index (χ0v) is 12.5. The fourth-order valence-corrected chi connectivity index (χ4v) is 2.71. The Labute approximate surface area is 120 Å². The highest BCUT2D eigenvalue weighted by atomic mass is 16.5. The van der Waals surface area contributed by atoms with Gasteiger partial charge in [-0.2, -0.15) is 0 Å². The number of nitrogens with one attached hydrogen (secondary N) is 1. The molecule has 1 amide bonds. The van der Waals surface area contributed by atoms with Crippen LogP contribution >= 0.6 is 0 Å². The van der Waals surface area contributed by atoms with Crippen molar-refractivity contribution in [2.75, 3.05) is 40.0 Å². The normalized spacial score (nSPS) is 27.6. The van der Waals surface area contributed by atoms with Gasteiger partial charge in [-0.1, -0.05) is 6.08 Å². The molecule has 0 aromatic carbocycles. The second kappa shape index (κ2) is 6.90. The van der Waals surface area contributed by atoms with Gasteiger partial charge in [-0.15, -0.1) is 0 Å². The second-order valence-corrected chi connectivity index (χ2v) is 5.55. The number of allylic oxidation sites excluding steroid dienone is 2. The van der Waals surface area contributed by atoms with Crippen molar-refractivity contribution in [3.8, 4) is 0 Å². The van der Waals surface area contributed by atoms with Crippen LogP contribution in [-0.2, 0) is 14.3 Å². The fraction of sp³-hybridized carbons (Fsp3) is 0.667. The van der Waals surface area contributed by atoms with Gasteiger partial charge < -0.3 is 14.8 Å². The lowest BCUT2D eigenvalue weighted by molar-refractivity contribution is -0.115. The molecule has 0 radical (unpaired) electrons. The van der Waals surface area contributed by atoms with E-state index in [4.69, 9.17) is 9.47 Å². The van der Waals surface area contributed by atoms with E-state index in [1.54, 1.807) is 13.2 Å². The monoisotopic (exact) mass is 280 g/mol. The lowest BCUT2D eigenvalue weighted by Crippen LogP contribution is -2.24. The molecular formula is C15H24N2O3. The molecule has 2 saturated heterocycles. The molecule has 20 heavy (non-hydrogen) atoms. The molecule has 2 unspecified atom stereocenters. The first kappa shape index (κ1) is 15.1. The summed E-state index contributed by atoms with van der Waals surface area (Å²) < 4.78 is 10.5. The molecule has 0 aliphatic carbocycles. The lowest BCUT2D eigenvalue weighted by Gasteiger charge is -2.13. The predicted molar refractivity (Wildman–Crippen MR) is 76.9 cm³/mol. The summed E-state index contributed by atoms with van der Waals surface area (Å²) in [6.45, 7) is 8.43. The number of carbonyl (C=O) groups is 1. The number of amides is 1. The van der Waals surface area contributed by atoms with E-state index in [0.29, 0.717) is 11.8 Å². The number of methoxy groups -OCH3 is 1. The average Bonchev–Trinajstić information content (AvgIpc) is 2.98. The maximum absolute atomic E-state index is 11.7. The van der Waals surface area contributed by atoms with Gasteiger partial charge in [-0.05, 0) is 13.8 Å². The van der Waals surface area contributed by atoms with Crippen molar-refractivity contribution in [3.05, 3.63) is 23.6 Å². The summed E-state index contributed by atoms with van der Waals surface area (Å²) in [7, 11) is 1.59. The van der Waals surface area contributed by atoms with Gasteiger partial charge in [0.15, 0.2) is 0 Å². The molecule has 112 valence electrons. The molecule has 0 aromatic rings. The minimum atomic E-state index is -0.110. The Bertz CT molecular complexity index is 405. The molecule has 2 rings (SSSR count). The standard InChI is InChI=1S/C15H24N2O3/c1-11(12(2)19-3)16-15(18)5-4-6-17-7-13-9-20-10-14(13)8-17/h4-5,13-14H,6-10H2,1-3H3,(H,16,18). The molecule has 0 aromatic heterocycles. The number of nitrogens with zero attached hydrogens (tertiary/aromatic N) is 1. The molecule has 0 bridgehead atoms. The third-order valence-electron chi connectivity index (χ3n) is 4.09. The molecule has 0 spiro atoms. The summed E-state index contributed by atoms with van der Waals surface area (Å²) in [5.74, 6) is 1.99. The zero-order valence-electron chi connectivity index (χ0n) is 12.5. The maximum Gasteiger partial charge on any atom is 0.247 e. The Morgan fingerprint density at radius 2 is 2.00 bits per heavy atom. The van der Waals surface area contributed by atoms with Crippen LogP contribution < -0.4 is 5.32 Å². The summed E-state index contributed by atoms with van der Waals surface area (Å²) in [6, 6.07) is 0.